The fraction of sp³-hybridized carbons (Fsp3) is 0.650. The molecule has 2 fully saturated rings. The van der Waals surface area contributed by atoms with Crippen LogP contribution in [0.5, 0.6) is 0 Å². The molecular weight excluding hydrogens is 451 g/mol. The number of halogens is 3. The molecule has 31 heavy (non-hydrogen) atoms. The SMILES string of the molecule is C[C@H](NS(=O)(=O)c1ccccc1C(F)(F)F)C(=O)NCC1(N2CCSCC2)CCCC1. The van der Waals surface area contributed by atoms with Gasteiger partial charge < -0.3 is 5.32 Å². The molecule has 1 saturated heterocycles. The Hall–Kier alpha value is -1.30. The topological polar surface area (TPSA) is 78.5 Å². The van der Waals surface area contributed by atoms with Crippen molar-refractivity contribution in [1.29, 1.82) is 0 Å². The summed E-state index contributed by atoms with van der Waals surface area (Å²) in [5, 5.41) is 2.84. The van der Waals surface area contributed by atoms with Crippen molar-refractivity contribution in [2.24, 2.45) is 0 Å². The Morgan fingerprint density at radius 2 is 1.81 bits per heavy atom. The first kappa shape index (κ1) is 24.3. The number of carbonyl (C=O) groups excluding carboxylic acids is 1. The second-order valence-corrected chi connectivity index (χ2v) is 11.0. The summed E-state index contributed by atoms with van der Waals surface area (Å²) in [5.74, 6) is 1.54. The molecule has 3 rings (SSSR count). The molecule has 0 unspecified atom stereocenters. The van der Waals surface area contributed by atoms with Crippen molar-refractivity contribution in [3.05, 3.63) is 29.8 Å². The van der Waals surface area contributed by atoms with Gasteiger partial charge in [-0.3, -0.25) is 9.69 Å². The average molecular weight is 480 g/mol. The standard InChI is InChI=1S/C20H28F3N3O3S2/c1-15(25-31(28,29)17-7-3-2-6-16(17)20(21,22)23)18(27)24-14-19(8-4-5-9-19)26-10-12-30-13-11-26/h2-3,6-7,15,25H,4-5,8-14H2,1H3,(H,24,27)/t15-/m0/s1. The summed E-state index contributed by atoms with van der Waals surface area (Å²) < 4.78 is 66.9. The molecule has 1 aromatic carbocycles. The van der Waals surface area contributed by atoms with E-state index in [1.54, 1.807) is 0 Å². The zero-order valence-corrected chi connectivity index (χ0v) is 19.0. The Balaban J connectivity index is 1.66. The minimum atomic E-state index is -4.82. The predicted molar refractivity (Wildman–Crippen MR) is 114 cm³/mol. The van der Waals surface area contributed by atoms with Crippen LogP contribution in [0.25, 0.3) is 0 Å². The van der Waals surface area contributed by atoms with E-state index in [1.165, 1.54) is 13.0 Å². The van der Waals surface area contributed by atoms with Crippen molar-refractivity contribution in [3.63, 3.8) is 0 Å². The van der Waals surface area contributed by atoms with Gasteiger partial charge in [0, 0.05) is 36.7 Å². The second-order valence-electron chi connectivity index (χ2n) is 8.09. The molecule has 11 heteroatoms. The first-order chi connectivity index (χ1) is 14.6. The third kappa shape index (κ3) is 5.74. The lowest BCUT2D eigenvalue weighted by atomic mass is 9.94. The lowest BCUT2D eigenvalue weighted by molar-refractivity contribution is -0.139. The van der Waals surface area contributed by atoms with Gasteiger partial charge in [-0.05, 0) is 31.9 Å². The first-order valence-corrected chi connectivity index (χ1v) is 13.0. The van der Waals surface area contributed by atoms with Gasteiger partial charge in [0.25, 0.3) is 0 Å². The van der Waals surface area contributed by atoms with Gasteiger partial charge in [0.2, 0.25) is 15.9 Å². The molecule has 6 nitrogen and oxygen atoms in total. The Kier molecular flexibility index (Phi) is 7.60. The summed E-state index contributed by atoms with van der Waals surface area (Å²) in [7, 11) is -4.54. The third-order valence-electron chi connectivity index (χ3n) is 6.02. The molecule has 1 aliphatic carbocycles. The van der Waals surface area contributed by atoms with E-state index in [9.17, 15) is 26.4 Å². The molecule has 1 aromatic rings. The lowest BCUT2D eigenvalue weighted by Crippen LogP contribution is -2.58. The van der Waals surface area contributed by atoms with Crippen LogP contribution in [-0.4, -0.2) is 61.9 Å². The molecular formula is C20H28F3N3O3S2. The summed E-state index contributed by atoms with van der Waals surface area (Å²) >= 11 is 1.91. The molecule has 1 saturated carbocycles. The van der Waals surface area contributed by atoms with Gasteiger partial charge >= 0.3 is 6.18 Å². The summed E-state index contributed by atoms with van der Waals surface area (Å²) in [5.41, 5.74) is -1.39. The number of benzene rings is 1. The fourth-order valence-corrected chi connectivity index (χ4v) is 6.70. The number of thioether (sulfide) groups is 1. The van der Waals surface area contributed by atoms with Crippen LogP contribution >= 0.6 is 11.8 Å². The number of sulfonamides is 1. The first-order valence-electron chi connectivity index (χ1n) is 10.3. The summed E-state index contributed by atoms with van der Waals surface area (Å²) in [4.78, 5) is 14.2. The van der Waals surface area contributed by atoms with Crippen molar-refractivity contribution in [3.8, 4) is 0 Å². The van der Waals surface area contributed by atoms with E-state index in [0.717, 1.165) is 62.4 Å². The van der Waals surface area contributed by atoms with E-state index < -0.39 is 38.6 Å². The molecule has 1 aliphatic heterocycles. The van der Waals surface area contributed by atoms with E-state index in [-0.39, 0.29) is 5.54 Å². The minimum absolute atomic E-state index is 0.127. The van der Waals surface area contributed by atoms with Gasteiger partial charge in [0.05, 0.1) is 16.5 Å². The maximum Gasteiger partial charge on any atom is 0.417 e. The molecule has 1 atom stereocenters. The smallest absolute Gasteiger partial charge is 0.353 e. The molecule has 1 heterocycles. The van der Waals surface area contributed by atoms with E-state index >= 15 is 0 Å². The van der Waals surface area contributed by atoms with Crippen LogP contribution in [0, 0.1) is 0 Å². The van der Waals surface area contributed by atoms with Gasteiger partial charge in [0.1, 0.15) is 0 Å². The normalized spacial score (nSPS) is 21.0. The Morgan fingerprint density at radius 3 is 2.42 bits per heavy atom. The molecule has 174 valence electrons. The summed E-state index contributed by atoms with van der Waals surface area (Å²) in [6.45, 7) is 3.65. The summed E-state index contributed by atoms with van der Waals surface area (Å²) in [6.07, 6.45) is -0.724. The maximum absolute atomic E-state index is 13.2. The fourth-order valence-electron chi connectivity index (χ4n) is 4.37. The van der Waals surface area contributed by atoms with Crippen LogP contribution < -0.4 is 10.0 Å². The second kappa shape index (κ2) is 9.68. The largest absolute Gasteiger partial charge is 0.417 e. The number of hydrogen-bond acceptors (Lipinski definition) is 5. The van der Waals surface area contributed by atoms with Gasteiger partial charge in [-0.1, -0.05) is 25.0 Å². The van der Waals surface area contributed by atoms with Crippen molar-refractivity contribution in [2.75, 3.05) is 31.1 Å². The summed E-state index contributed by atoms with van der Waals surface area (Å²) in [6, 6.07) is 2.73. The minimum Gasteiger partial charge on any atom is -0.353 e. The van der Waals surface area contributed by atoms with Crippen LogP contribution in [0.1, 0.15) is 38.2 Å². The number of nitrogens with zero attached hydrogens (tertiary/aromatic N) is 1. The highest BCUT2D eigenvalue weighted by Gasteiger charge is 2.41. The molecule has 0 bridgehead atoms. The van der Waals surface area contributed by atoms with Gasteiger partial charge in [-0.15, -0.1) is 0 Å². The Labute approximate surface area is 185 Å². The Morgan fingerprint density at radius 1 is 1.19 bits per heavy atom. The molecule has 0 radical (unpaired) electrons. The van der Waals surface area contributed by atoms with E-state index in [2.05, 4.69) is 14.9 Å². The number of carbonyl (C=O) groups is 1. The van der Waals surface area contributed by atoms with Crippen LogP contribution in [0.15, 0.2) is 29.2 Å². The Bertz CT molecular complexity index is 881. The molecule has 0 spiro atoms. The number of alkyl halides is 3. The maximum atomic E-state index is 13.2. The van der Waals surface area contributed by atoms with Crippen molar-refractivity contribution in [1.82, 2.24) is 14.9 Å². The number of rotatable bonds is 7. The molecule has 0 aromatic heterocycles. The van der Waals surface area contributed by atoms with E-state index in [0.29, 0.717) is 12.6 Å². The van der Waals surface area contributed by atoms with E-state index in [4.69, 9.17) is 0 Å². The number of hydrogen-bond donors (Lipinski definition) is 2. The van der Waals surface area contributed by atoms with Crippen molar-refractivity contribution in [2.45, 2.75) is 55.3 Å². The number of nitrogens with one attached hydrogen (secondary N) is 2. The monoisotopic (exact) mass is 479 g/mol. The van der Waals surface area contributed by atoms with Crippen molar-refractivity contribution < 1.29 is 26.4 Å². The highest BCUT2D eigenvalue weighted by Crippen LogP contribution is 2.36. The predicted octanol–water partition coefficient (Wildman–Crippen LogP) is 2.85. The van der Waals surface area contributed by atoms with Crippen LogP contribution in [0.4, 0.5) is 13.2 Å². The third-order valence-corrected chi connectivity index (χ3v) is 8.56. The van der Waals surface area contributed by atoms with Gasteiger partial charge in [0.15, 0.2) is 0 Å². The van der Waals surface area contributed by atoms with Crippen molar-refractivity contribution >= 4 is 27.7 Å². The van der Waals surface area contributed by atoms with E-state index in [1.807, 2.05) is 11.8 Å². The van der Waals surface area contributed by atoms with Crippen LogP contribution in [-0.2, 0) is 21.0 Å². The highest BCUT2D eigenvalue weighted by atomic mass is 32.2. The average Bonchev–Trinajstić information content (AvgIpc) is 3.22. The number of amides is 1. The highest BCUT2D eigenvalue weighted by molar-refractivity contribution is 7.99. The molecule has 2 N–H and O–H groups in total. The zero-order chi connectivity index (χ0) is 22.7. The lowest BCUT2D eigenvalue weighted by Gasteiger charge is -2.43. The van der Waals surface area contributed by atoms with Gasteiger partial charge in [-0.25, -0.2) is 8.42 Å². The quantitative estimate of drug-likeness (QED) is 0.629. The van der Waals surface area contributed by atoms with Crippen LogP contribution in [0.2, 0.25) is 0 Å². The van der Waals surface area contributed by atoms with Crippen LogP contribution in [0.3, 0.4) is 0 Å². The molecule has 1 amide bonds. The zero-order valence-electron chi connectivity index (χ0n) is 17.4. The molecule has 2 aliphatic rings. The van der Waals surface area contributed by atoms with Gasteiger partial charge in [-0.2, -0.15) is 29.7 Å².